The van der Waals surface area contributed by atoms with Crippen LogP contribution in [0.1, 0.15) is 33.7 Å². The number of amides is 2. The Morgan fingerprint density at radius 3 is 2.72 bits per heavy atom. The van der Waals surface area contributed by atoms with Gasteiger partial charge < -0.3 is 15.0 Å². The monoisotopic (exact) mass is 340 g/mol. The zero-order valence-corrected chi connectivity index (χ0v) is 14.1. The molecule has 1 N–H and O–H groups in total. The van der Waals surface area contributed by atoms with Gasteiger partial charge in [0.1, 0.15) is 17.0 Å². The average molecular weight is 340 g/mol. The molecule has 0 aliphatic carbocycles. The van der Waals surface area contributed by atoms with Crippen molar-refractivity contribution in [2.24, 2.45) is 7.05 Å². The highest BCUT2D eigenvalue weighted by Crippen LogP contribution is 2.33. The maximum atomic E-state index is 12.6. The summed E-state index contributed by atoms with van der Waals surface area (Å²) < 4.78 is 7.85. The number of carbonyl (C=O) groups excluding carboxylic acids is 2. The number of benzene rings is 1. The highest BCUT2D eigenvalue weighted by atomic mass is 16.5. The predicted octanol–water partition coefficient (Wildman–Crippen LogP) is 1.22. The van der Waals surface area contributed by atoms with Gasteiger partial charge >= 0.3 is 0 Å². The molecule has 2 amide bonds. The third-order valence-electron chi connectivity index (χ3n) is 5.03. The molecule has 0 radical (unpaired) electrons. The number of hydrogen-bond donors (Lipinski definition) is 1. The molecule has 3 heterocycles. The van der Waals surface area contributed by atoms with Crippen LogP contribution in [0.15, 0.2) is 36.5 Å². The fourth-order valence-corrected chi connectivity index (χ4v) is 3.49. The number of hydrogen-bond acceptors (Lipinski definition) is 4. The molecule has 1 aromatic heterocycles. The van der Waals surface area contributed by atoms with E-state index < -0.39 is 5.60 Å². The van der Waals surface area contributed by atoms with Gasteiger partial charge in [0, 0.05) is 39.2 Å². The van der Waals surface area contributed by atoms with Gasteiger partial charge in [-0.15, -0.1) is 0 Å². The van der Waals surface area contributed by atoms with E-state index in [4.69, 9.17) is 4.74 Å². The van der Waals surface area contributed by atoms with E-state index in [1.165, 1.54) is 0 Å². The maximum Gasteiger partial charge on any atom is 0.272 e. The third kappa shape index (κ3) is 2.75. The van der Waals surface area contributed by atoms with Gasteiger partial charge in [-0.25, -0.2) is 0 Å². The number of aromatic nitrogens is 2. The summed E-state index contributed by atoms with van der Waals surface area (Å²) in [6.45, 7) is 1.62. The number of likely N-dealkylation sites (tertiary alicyclic amines) is 1. The molecular formula is C18H20N4O3. The summed E-state index contributed by atoms with van der Waals surface area (Å²) in [5, 5.41) is 7.02. The molecular weight excluding hydrogens is 320 g/mol. The molecule has 4 rings (SSSR count). The standard InChI is InChI=1S/C18H20N4O3/c1-21-14(6-9-20-21)17(24)22-10-7-18(8-11-22)12-19-16(23)13-4-2-3-5-15(13)25-18/h2-6,9H,7-8,10-12H2,1H3,(H,19,23). The Labute approximate surface area is 145 Å². The molecule has 0 saturated carbocycles. The van der Waals surface area contributed by atoms with Crippen molar-refractivity contribution < 1.29 is 14.3 Å². The van der Waals surface area contributed by atoms with E-state index in [0.29, 0.717) is 49.5 Å². The Morgan fingerprint density at radius 2 is 2.00 bits per heavy atom. The van der Waals surface area contributed by atoms with Crippen molar-refractivity contribution in [2.45, 2.75) is 18.4 Å². The number of nitrogens with one attached hydrogen (secondary N) is 1. The van der Waals surface area contributed by atoms with E-state index in [1.54, 1.807) is 30.1 Å². The van der Waals surface area contributed by atoms with Gasteiger partial charge in [-0.1, -0.05) is 12.1 Å². The largest absolute Gasteiger partial charge is 0.484 e. The Bertz CT molecular complexity index is 821. The van der Waals surface area contributed by atoms with E-state index >= 15 is 0 Å². The van der Waals surface area contributed by atoms with Crippen molar-refractivity contribution in [1.29, 1.82) is 0 Å². The second-order valence-electron chi connectivity index (χ2n) is 6.60. The number of fused-ring (bicyclic) bond motifs is 1. The molecule has 0 atom stereocenters. The summed E-state index contributed by atoms with van der Waals surface area (Å²) in [4.78, 5) is 26.7. The Kier molecular flexibility index (Phi) is 3.71. The van der Waals surface area contributed by atoms with Crippen LogP contribution < -0.4 is 10.1 Å². The van der Waals surface area contributed by atoms with Crippen LogP contribution in [-0.4, -0.2) is 51.7 Å². The summed E-state index contributed by atoms with van der Waals surface area (Å²) in [6.07, 6.45) is 2.97. The Balaban J connectivity index is 1.51. The highest BCUT2D eigenvalue weighted by Gasteiger charge is 2.41. The molecule has 1 spiro atoms. The van der Waals surface area contributed by atoms with Crippen molar-refractivity contribution in [3.8, 4) is 5.75 Å². The summed E-state index contributed by atoms with van der Waals surface area (Å²) in [7, 11) is 1.76. The lowest BCUT2D eigenvalue weighted by Gasteiger charge is -2.41. The topological polar surface area (TPSA) is 76.5 Å². The van der Waals surface area contributed by atoms with Gasteiger partial charge in [0.2, 0.25) is 0 Å². The SMILES string of the molecule is Cn1nccc1C(=O)N1CCC2(CC1)CNC(=O)c1ccccc1O2. The van der Waals surface area contributed by atoms with Gasteiger partial charge in [-0.2, -0.15) is 5.10 Å². The molecule has 2 aliphatic rings. The molecule has 0 bridgehead atoms. The van der Waals surface area contributed by atoms with Crippen LogP contribution >= 0.6 is 0 Å². The fraction of sp³-hybridized carbons (Fsp3) is 0.389. The first-order valence-electron chi connectivity index (χ1n) is 8.42. The second kappa shape index (κ2) is 5.91. The van der Waals surface area contributed by atoms with Crippen LogP contribution in [0.2, 0.25) is 0 Å². The first-order chi connectivity index (χ1) is 12.1. The summed E-state index contributed by atoms with van der Waals surface area (Å²) in [5.41, 5.74) is 0.676. The molecule has 25 heavy (non-hydrogen) atoms. The molecule has 2 aromatic rings. The average Bonchev–Trinajstić information content (AvgIpc) is 3.00. The number of carbonyl (C=O) groups is 2. The summed E-state index contributed by atoms with van der Waals surface area (Å²) in [6, 6.07) is 9.02. The van der Waals surface area contributed by atoms with Crippen LogP contribution in [0.25, 0.3) is 0 Å². The van der Waals surface area contributed by atoms with E-state index in [9.17, 15) is 9.59 Å². The highest BCUT2D eigenvalue weighted by molar-refractivity contribution is 5.97. The van der Waals surface area contributed by atoms with Gasteiger partial charge in [0.05, 0.1) is 12.1 Å². The normalized spacial score (nSPS) is 18.9. The minimum absolute atomic E-state index is 0.0205. The smallest absolute Gasteiger partial charge is 0.272 e. The molecule has 2 aliphatic heterocycles. The van der Waals surface area contributed by atoms with E-state index in [-0.39, 0.29) is 11.8 Å². The van der Waals surface area contributed by atoms with Crippen molar-refractivity contribution in [3.63, 3.8) is 0 Å². The quantitative estimate of drug-likeness (QED) is 0.847. The first-order valence-corrected chi connectivity index (χ1v) is 8.42. The number of aryl methyl sites for hydroxylation is 1. The van der Waals surface area contributed by atoms with E-state index in [2.05, 4.69) is 10.4 Å². The van der Waals surface area contributed by atoms with Crippen molar-refractivity contribution in [1.82, 2.24) is 20.0 Å². The number of para-hydroxylation sites is 1. The molecule has 0 unspecified atom stereocenters. The predicted molar refractivity (Wildman–Crippen MR) is 90.5 cm³/mol. The van der Waals surface area contributed by atoms with Crippen LogP contribution in [0.4, 0.5) is 0 Å². The zero-order valence-electron chi connectivity index (χ0n) is 14.1. The number of piperidine rings is 1. The number of rotatable bonds is 1. The van der Waals surface area contributed by atoms with Crippen LogP contribution in [0.3, 0.4) is 0 Å². The molecule has 1 saturated heterocycles. The third-order valence-corrected chi connectivity index (χ3v) is 5.03. The van der Waals surface area contributed by atoms with Gasteiger partial charge in [-0.3, -0.25) is 14.3 Å². The first kappa shape index (κ1) is 15.7. The minimum Gasteiger partial charge on any atom is -0.484 e. The Hall–Kier alpha value is -2.83. The minimum atomic E-state index is -0.467. The fourth-order valence-electron chi connectivity index (χ4n) is 3.49. The lowest BCUT2D eigenvalue weighted by Crippen LogP contribution is -2.54. The molecule has 7 heteroatoms. The summed E-state index contributed by atoms with van der Waals surface area (Å²) >= 11 is 0. The van der Waals surface area contributed by atoms with Crippen LogP contribution in [0.5, 0.6) is 5.75 Å². The van der Waals surface area contributed by atoms with E-state index in [0.717, 1.165) is 0 Å². The second-order valence-corrected chi connectivity index (χ2v) is 6.60. The van der Waals surface area contributed by atoms with Crippen LogP contribution in [-0.2, 0) is 7.05 Å². The van der Waals surface area contributed by atoms with Crippen molar-refractivity contribution >= 4 is 11.8 Å². The number of nitrogens with zero attached hydrogens (tertiary/aromatic N) is 3. The van der Waals surface area contributed by atoms with E-state index in [1.807, 2.05) is 23.1 Å². The van der Waals surface area contributed by atoms with Gasteiger partial charge in [0.25, 0.3) is 11.8 Å². The Morgan fingerprint density at radius 1 is 1.24 bits per heavy atom. The van der Waals surface area contributed by atoms with Crippen LogP contribution in [0, 0.1) is 0 Å². The zero-order chi connectivity index (χ0) is 17.4. The van der Waals surface area contributed by atoms with Gasteiger partial charge in [-0.05, 0) is 18.2 Å². The molecule has 7 nitrogen and oxygen atoms in total. The van der Waals surface area contributed by atoms with Crippen molar-refractivity contribution in [2.75, 3.05) is 19.6 Å². The summed E-state index contributed by atoms with van der Waals surface area (Å²) in [5.74, 6) is 0.484. The number of ether oxygens (including phenoxy) is 1. The van der Waals surface area contributed by atoms with Gasteiger partial charge in [0.15, 0.2) is 0 Å². The lowest BCUT2D eigenvalue weighted by molar-refractivity contribution is 0.00736. The van der Waals surface area contributed by atoms with Crippen molar-refractivity contribution in [3.05, 3.63) is 47.8 Å². The lowest BCUT2D eigenvalue weighted by atomic mass is 9.90. The maximum absolute atomic E-state index is 12.6. The molecule has 130 valence electrons. The molecule has 1 aromatic carbocycles. The molecule has 1 fully saturated rings.